The van der Waals surface area contributed by atoms with Crippen LogP contribution in [0.15, 0.2) is 12.3 Å². The molecule has 2 heterocycles. The van der Waals surface area contributed by atoms with Gasteiger partial charge in [-0.3, -0.25) is 14.3 Å². The summed E-state index contributed by atoms with van der Waals surface area (Å²) in [5, 5.41) is 7.09. The molecule has 1 fully saturated rings. The summed E-state index contributed by atoms with van der Waals surface area (Å²) in [6, 6.07) is 1.81. The van der Waals surface area contributed by atoms with Crippen LogP contribution in [0.5, 0.6) is 0 Å². The first kappa shape index (κ1) is 16.5. The molecule has 1 N–H and O–H groups in total. The van der Waals surface area contributed by atoms with Crippen LogP contribution in [0.2, 0.25) is 0 Å². The number of piperidine rings is 1. The molecule has 1 aromatic rings. The van der Waals surface area contributed by atoms with Crippen LogP contribution < -0.4 is 5.32 Å². The smallest absolute Gasteiger partial charge is 0.225 e. The first-order valence-corrected chi connectivity index (χ1v) is 8.11. The molecule has 0 atom stereocenters. The number of anilines is 1. The van der Waals surface area contributed by atoms with E-state index in [9.17, 15) is 9.59 Å². The van der Waals surface area contributed by atoms with Crippen molar-refractivity contribution in [2.75, 3.05) is 18.4 Å². The fourth-order valence-corrected chi connectivity index (χ4v) is 2.78. The largest absolute Gasteiger partial charge is 0.342 e. The molecule has 0 bridgehead atoms. The molecule has 0 saturated carbocycles. The molecule has 6 heteroatoms. The Morgan fingerprint density at radius 2 is 2.05 bits per heavy atom. The highest BCUT2D eigenvalue weighted by molar-refractivity contribution is 5.89. The number of carbonyl (C=O) groups excluding carboxylic acids is 2. The van der Waals surface area contributed by atoms with E-state index in [-0.39, 0.29) is 17.7 Å². The van der Waals surface area contributed by atoms with Crippen molar-refractivity contribution in [2.45, 2.75) is 46.6 Å². The average Bonchev–Trinajstić information content (AvgIpc) is 2.94. The lowest BCUT2D eigenvalue weighted by atomic mass is 9.92. The molecule has 122 valence electrons. The van der Waals surface area contributed by atoms with Crippen LogP contribution in [0.3, 0.4) is 0 Å². The van der Waals surface area contributed by atoms with Gasteiger partial charge in [-0.25, -0.2) is 0 Å². The number of carbonyl (C=O) groups is 2. The van der Waals surface area contributed by atoms with Crippen molar-refractivity contribution in [1.82, 2.24) is 14.7 Å². The Balaban J connectivity index is 1.75. The van der Waals surface area contributed by atoms with Gasteiger partial charge in [-0.15, -0.1) is 0 Å². The van der Waals surface area contributed by atoms with Crippen LogP contribution in [0.1, 0.15) is 40.0 Å². The molecule has 2 rings (SSSR count). The molecule has 1 aliphatic heterocycles. The lowest BCUT2D eigenvalue weighted by Crippen LogP contribution is -2.41. The number of rotatable bonds is 5. The molecule has 0 aromatic carbocycles. The molecule has 22 heavy (non-hydrogen) atoms. The Bertz CT molecular complexity index is 516. The highest BCUT2D eigenvalue weighted by Gasteiger charge is 2.25. The number of hydrogen-bond acceptors (Lipinski definition) is 3. The maximum atomic E-state index is 12.1. The summed E-state index contributed by atoms with van der Waals surface area (Å²) >= 11 is 0. The second-order valence-electron chi connectivity index (χ2n) is 6.23. The number of aromatic nitrogens is 2. The fourth-order valence-electron chi connectivity index (χ4n) is 2.78. The van der Waals surface area contributed by atoms with Crippen molar-refractivity contribution in [3.63, 3.8) is 0 Å². The Kier molecular flexibility index (Phi) is 5.57. The monoisotopic (exact) mass is 306 g/mol. The van der Waals surface area contributed by atoms with Gasteiger partial charge in [0.05, 0.1) is 0 Å². The van der Waals surface area contributed by atoms with Gasteiger partial charge in [0.2, 0.25) is 11.8 Å². The Morgan fingerprint density at radius 3 is 2.59 bits per heavy atom. The quantitative estimate of drug-likeness (QED) is 0.906. The lowest BCUT2D eigenvalue weighted by molar-refractivity contribution is -0.135. The normalized spacial score (nSPS) is 16.1. The van der Waals surface area contributed by atoms with E-state index in [0.29, 0.717) is 18.2 Å². The lowest BCUT2D eigenvalue weighted by Gasteiger charge is -2.32. The topological polar surface area (TPSA) is 67.2 Å². The number of amides is 2. The van der Waals surface area contributed by atoms with Crippen molar-refractivity contribution in [3.05, 3.63) is 12.3 Å². The van der Waals surface area contributed by atoms with Crippen molar-refractivity contribution in [1.29, 1.82) is 0 Å². The first-order valence-electron chi connectivity index (χ1n) is 8.11. The van der Waals surface area contributed by atoms with Gasteiger partial charge < -0.3 is 10.2 Å². The molecule has 0 aliphatic carbocycles. The number of hydrogen-bond donors (Lipinski definition) is 1. The van der Waals surface area contributed by atoms with Gasteiger partial charge in [-0.2, -0.15) is 5.10 Å². The zero-order valence-corrected chi connectivity index (χ0v) is 13.7. The van der Waals surface area contributed by atoms with Crippen molar-refractivity contribution >= 4 is 17.6 Å². The standard InChI is InChI=1S/C16H26N4O2/c1-4-20-10-7-14(18-20)17-15(21)11-13-5-8-19(9-6-13)16(22)12(2)3/h7,10,12-13H,4-6,8-9,11H2,1-3H3,(H,17,18,21). The highest BCUT2D eigenvalue weighted by atomic mass is 16.2. The van der Waals surface area contributed by atoms with Crippen LogP contribution >= 0.6 is 0 Å². The van der Waals surface area contributed by atoms with Gasteiger partial charge in [0.15, 0.2) is 5.82 Å². The maximum absolute atomic E-state index is 12.1. The Morgan fingerprint density at radius 1 is 1.36 bits per heavy atom. The summed E-state index contributed by atoms with van der Waals surface area (Å²) in [7, 11) is 0. The molecule has 6 nitrogen and oxygen atoms in total. The van der Waals surface area contributed by atoms with Crippen LogP contribution in [0.4, 0.5) is 5.82 Å². The van der Waals surface area contributed by atoms with E-state index in [4.69, 9.17) is 0 Å². The van der Waals surface area contributed by atoms with E-state index in [1.165, 1.54) is 0 Å². The third kappa shape index (κ3) is 4.32. The Hall–Kier alpha value is -1.85. The van der Waals surface area contributed by atoms with Crippen molar-refractivity contribution in [2.24, 2.45) is 11.8 Å². The minimum absolute atomic E-state index is 0.00925. The predicted octanol–water partition coefficient (Wildman–Crippen LogP) is 2.13. The number of nitrogens with one attached hydrogen (secondary N) is 1. The van der Waals surface area contributed by atoms with Crippen LogP contribution in [-0.4, -0.2) is 39.6 Å². The molecule has 0 spiro atoms. The summed E-state index contributed by atoms with van der Waals surface area (Å²) in [5.74, 6) is 1.24. The molecular formula is C16H26N4O2. The van der Waals surface area contributed by atoms with Gasteiger partial charge >= 0.3 is 0 Å². The minimum atomic E-state index is 0.00925. The van der Waals surface area contributed by atoms with Gasteiger partial charge in [-0.1, -0.05) is 13.8 Å². The first-order chi connectivity index (χ1) is 10.5. The number of nitrogens with zero attached hydrogens (tertiary/aromatic N) is 3. The SMILES string of the molecule is CCn1ccc(NC(=O)CC2CCN(C(=O)C(C)C)CC2)n1. The maximum Gasteiger partial charge on any atom is 0.225 e. The van der Waals surface area contributed by atoms with Crippen LogP contribution in [0.25, 0.3) is 0 Å². The summed E-state index contributed by atoms with van der Waals surface area (Å²) < 4.78 is 1.78. The predicted molar refractivity (Wildman–Crippen MR) is 85.3 cm³/mol. The van der Waals surface area contributed by atoms with Gasteiger partial charge in [0, 0.05) is 44.2 Å². The second-order valence-corrected chi connectivity index (χ2v) is 6.23. The number of aryl methyl sites for hydroxylation is 1. The molecule has 0 unspecified atom stereocenters. The third-order valence-corrected chi connectivity index (χ3v) is 4.13. The van der Waals surface area contributed by atoms with Crippen molar-refractivity contribution in [3.8, 4) is 0 Å². The van der Waals surface area contributed by atoms with Gasteiger partial charge in [-0.05, 0) is 25.7 Å². The summed E-state index contributed by atoms with van der Waals surface area (Å²) in [6.45, 7) is 8.18. The summed E-state index contributed by atoms with van der Waals surface area (Å²) in [6.07, 6.45) is 4.15. The van der Waals surface area contributed by atoms with E-state index in [1.807, 2.05) is 37.9 Å². The average molecular weight is 306 g/mol. The summed E-state index contributed by atoms with van der Waals surface area (Å²) in [4.78, 5) is 25.9. The van der Waals surface area contributed by atoms with E-state index in [2.05, 4.69) is 10.4 Å². The Labute approximate surface area is 131 Å². The van der Waals surface area contributed by atoms with E-state index >= 15 is 0 Å². The van der Waals surface area contributed by atoms with Gasteiger partial charge in [0.25, 0.3) is 0 Å². The van der Waals surface area contributed by atoms with Crippen molar-refractivity contribution < 1.29 is 9.59 Å². The second kappa shape index (κ2) is 7.42. The van der Waals surface area contributed by atoms with E-state index in [1.54, 1.807) is 4.68 Å². The third-order valence-electron chi connectivity index (χ3n) is 4.13. The molecule has 0 radical (unpaired) electrons. The molecule has 1 aliphatic rings. The molecule has 1 saturated heterocycles. The van der Waals surface area contributed by atoms with E-state index < -0.39 is 0 Å². The number of likely N-dealkylation sites (tertiary alicyclic amines) is 1. The van der Waals surface area contributed by atoms with E-state index in [0.717, 1.165) is 32.5 Å². The molecule has 2 amide bonds. The van der Waals surface area contributed by atoms with Gasteiger partial charge in [0.1, 0.15) is 0 Å². The van der Waals surface area contributed by atoms with Crippen LogP contribution in [0, 0.1) is 11.8 Å². The van der Waals surface area contributed by atoms with Crippen LogP contribution in [-0.2, 0) is 16.1 Å². The molecular weight excluding hydrogens is 280 g/mol. The molecule has 1 aromatic heterocycles. The summed E-state index contributed by atoms with van der Waals surface area (Å²) in [5.41, 5.74) is 0. The highest BCUT2D eigenvalue weighted by Crippen LogP contribution is 2.22. The fraction of sp³-hybridized carbons (Fsp3) is 0.688. The minimum Gasteiger partial charge on any atom is -0.342 e. The zero-order chi connectivity index (χ0) is 16.1. The zero-order valence-electron chi connectivity index (χ0n) is 13.7.